The Morgan fingerprint density at radius 2 is 1.55 bits per heavy atom. The lowest BCUT2D eigenvalue weighted by Crippen LogP contribution is -2.20. The second-order valence-electron chi connectivity index (χ2n) is 8.93. The van der Waals surface area contributed by atoms with Crippen LogP contribution in [0.25, 0.3) is 0 Å². The fourth-order valence-electron chi connectivity index (χ4n) is 4.62. The molecule has 0 N–H and O–H groups in total. The van der Waals surface area contributed by atoms with E-state index in [1.165, 1.54) is 6.07 Å². The molecule has 31 heavy (non-hydrogen) atoms. The van der Waals surface area contributed by atoms with E-state index in [1.807, 2.05) is 13.0 Å². The van der Waals surface area contributed by atoms with Crippen molar-refractivity contribution in [1.82, 2.24) is 0 Å². The summed E-state index contributed by atoms with van der Waals surface area (Å²) in [6, 6.07) is 8.67. The summed E-state index contributed by atoms with van der Waals surface area (Å²) in [5.41, 5.74) is 1.74. The number of benzene rings is 2. The first-order valence-electron chi connectivity index (χ1n) is 11.9. The Balaban J connectivity index is 1.51. The third kappa shape index (κ3) is 6.27. The Labute approximate surface area is 185 Å². The highest BCUT2D eigenvalue weighted by molar-refractivity contribution is 5.30. The third-order valence-corrected chi connectivity index (χ3v) is 6.56. The second-order valence-corrected chi connectivity index (χ2v) is 8.93. The van der Waals surface area contributed by atoms with Gasteiger partial charge in [-0.3, -0.25) is 0 Å². The van der Waals surface area contributed by atoms with Crippen LogP contribution in [0.2, 0.25) is 0 Å². The molecule has 2 aromatic carbocycles. The molecule has 1 aliphatic rings. The fourth-order valence-corrected chi connectivity index (χ4v) is 4.62. The molecule has 1 nitrogen and oxygen atoms in total. The number of aryl methyl sites for hydroxylation is 2. The van der Waals surface area contributed by atoms with Crippen molar-refractivity contribution in [2.75, 3.05) is 6.61 Å². The quantitative estimate of drug-likeness (QED) is 0.344. The Bertz CT molecular complexity index is 841. The van der Waals surface area contributed by atoms with Crippen LogP contribution in [0.3, 0.4) is 0 Å². The van der Waals surface area contributed by atoms with Gasteiger partial charge in [0.15, 0.2) is 11.6 Å². The van der Waals surface area contributed by atoms with Gasteiger partial charge in [0.1, 0.15) is 11.6 Å². The molecule has 170 valence electrons. The lowest BCUT2D eigenvalue weighted by molar-refractivity contribution is 0.198. The van der Waals surface area contributed by atoms with Crippen molar-refractivity contribution < 1.29 is 17.9 Å². The molecule has 0 unspecified atom stereocenters. The molecule has 0 spiro atoms. The van der Waals surface area contributed by atoms with Gasteiger partial charge in [-0.05, 0) is 79.5 Å². The van der Waals surface area contributed by atoms with E-state index < -0.39 is 11.6 Å². The van der Waals surface area contributed by atoms with Gasteiger partial charge >= 0.3 is 0 Å². The van der Waals surface area contributed by atoms with Gasteiger partial charge in [0, 0.05) is 6.07 Å². The fraction of sp³-hybridized carbons (Fsp3) is 0.556. The van der Waals surface area contributed by atoms with Crippen LogP contribution >= 0.6 is 0 Å². The van der Waals surface area contributed by atoms with Gasteiger partial charge in [0.2, 0.25) is 0 Å². The molecule has 0 bridgehead atoms. The van der Waals surface area contributed by atoms with E-state index in [0.717, 1.165) is 63.4 Å². The van der Waals surface area contributed by atoms with E-state index in [4.69, 9.17) is 4.74 Å². The zero-order valence-corrected chi connectivity index (χ0v) is 18.9. The predicted octanol–water partition coefficient (Wildman–Crippen LogP) is 8.14. The molecule has 1 saturated carbocycles. The van der Waals surface area contributed by atoms with Crippen LogP contribution in [0.4, 0.5) is 13.2 Å². The Hall–Kier alpha value is -1.97. The van der Waals surface area contributed by atoms with Crippen molar-refractivity contribution in [2.45, 2.75) is 84.0 Å². The molecule has 0 aliphatic heterocycles. The van der Waals surface area contributed by atoms with Gasteiger partial charge in [0.25, 0.3) is 0 Å². The van der Waals surface area contributed by atoms with Crippen LogP contribution in [0.15, 0.2) is 30.3 Å². The van der Waals surface area contributed by atoms with Crippen LogP contribution in [-0.4, -0.2) is 6.61 Å². The maximum Gasteiger partial charge on any atom is 0.162 e. The number of ether oxygens (including phenoxy) is 1. The van der Waals surface area contributed by atoms with E-state index in [9.17, 15) is 13.2 Å². The highest BCUT2D eigenvalue weighted by Gasteiger charge is 2.26. The minimum absolute atomic E-state index is 0.0567. The topological polar surface area (TPSA) is 9.23 Å². The van der Waals surface area contributed by atoms with Gasteiger partial charge in [-0.25, -0.2) is 13.2 Å². The van der Waals surface area contributed by atoms with Crippen molar-refractivity contribution in [3.63, 3.8) is 0 Å². The first-order valence-corrected chi connectivity index (χ1v) is 11.9. The minimum Gasteiger partial charge on any atom is -0.493 e. The van der Waals surface area contributed by atoms with E-state index in [0.29, 0.717) is 35.8 Å². The van der Waals surface area contributed by atoms with Gasteiger partial charge < -0.3 is 4.74 Å². The molecule has 3 rings (SSSR count). The SMILES string of the molecule is CCCCCc1ccc(C2CCC(COc3ccc(CCC)c(F)c3)CC2)c(F)c1F. The summed E-state index contributed by atoms with van der Waals surface area (Å²) < 4.78 is 49.1. The molecule has 0 heterocycles. The normalized spacial score (nSPS) is 18.9. The first-order chi connectivity index (χ1) is 15.0. The maximum absolute atomic E-state index is 14.7. The molecule has 2 aromatic rings. The summed E-state index contributed by atoms with van der Waals surface area (Å²) in [7, 11) is 0. The monoisotopic (exact) mass is 432 g/mol. The van der Waals surface area contributed by atoms with E-state index >= 15 is 0 Å². The van der Waals surface area contributed by atoms with Crippen molar-refractivity contribution >= 4 is 0 Å². The Morgan fingerprint density at radius 1 is 0.806 bits per heavy atom. The van der Waals surface area contributed by atoms with Crippen LogP contribution in [0, 0.1) is 23.4 Å². The van der Waals surface area contributed by atoms with Crippen molar-refractivity contribution in [3.05, 3.63) is 64.5 Å². The third-order valence-electron chi connectivity index (χ3n) is 6.56. The second kappa shape index (κ2) is 11.6. The molecule has 0 radical (unpaired) electrons. The van der Waals surface area contributed by atoms with Gasteiger partial charge in [0.05, 0.1) is 6.61 Å². The van der Waals surface area contributed by atoms with Crippen LogP contribution < -0.4 is 4.74 Å². The van der Waals surface area contributed by atoms with Gasteiger partial charge in [-0.1, -0.05) is 51.3 Å². The average molecular weight is 433 g/mol. The summed E-state index contributed by atoms with van der Waals surface area (Å²) in [4.78, 5) is 0. The number of hydrogen-bond donors (Lipinski definition) is 0. The van der Waals surface area contributed by atoms with Crippen molar-refractivity contribution in [3.8, 4) is 5.75 Å². The average Bonchev–Trinajstić information content (AvgIpc) is 2.78. The Kier molecular flexibility index (Phi) is 8.86. The van der Waals surface area contributed by atoms with E-state index in [2.05, 4.69) is 6.92 Å². The molecule has 1 aliphatic carbocycles. The molecular formula is C27H35F3O. The maximum atomic E-state index is 14.7. The Morgan fingerprint density at radius 3 is 2.23 bits per heavy atom. The van der Waals surface area contributed by atoms with Crippen LogP contribution in [0.5, 0.6) is 5.75 Å². The number of hydrogen-bond acceptors (Lipinski definition) is 1. The van der Waals surface area contributed by atoms with Crippen molar-refractivity contribution in [1.29, 1.82) is 0 Å². The van der Waals surface area contributed by atoms with Gasteiger partial charge in [-0.15, -0.1) is 0 Å². The van der Waals surface area contributed by atoms with Crippen LogP contribution in [-0.2, 0) is 12.8 Å². The van der Waals surface area contributed by atoms with Gasteiger partial charge in [-0.2, -0.15) is 0 Å². The summed E-state index contributed by atoms with van der Waals surface area (Å²) in [6.07, 6.45) is 8.68. The van der Waals surface area contributed by atoms with E-state index in [-0.39, 0.29) is 11.7 Å². The highest BCUT2D eigenvalue weighted by Crippen LogP contribution is 2.38. The standard InChI is InChI=1S/C27H35F3O/c1-3-5-6-8-22-14-16-24(27(30)26(22)29)20-11-9-19(10-12-20)18-31-23-15-13-21(7-4-2)25(28)17-23/h13-17,19-20H,3-12,18H2,1-2H3. The summed E-state index contributed by atoms with van der Waals surface area (Å²) in [6.45, 7) is 4.66. The molecule has 0 atom stereocenters. The minimum atomic E-state index is -0.660. The zero-order chi connectivity index (χ0) is 22.2. The summed E-state index contributed by atoms with van der Waals surface area (Å²) in [5, 5.41) is 0. The number of rotatable bonds is 10. The predicted molar refractivity (Wildman–Crippen MR) is 120 cm³/mol. The van der Waals surface area contributed by atoms with Crippen molar-refractivity contribution in [2.24, 2.45) is 5.92 Å². The molecule has 0 saturated heterocycles. The lowest BCUT2D eigenvalue weighted by atomic mass is 9.78. The molecule has 4 heteroatoms. The molecular weight excluding hydrogens is 397 g/mol. The molecule has 0 aromatic heterocycles. The van der Waals surface area contributed by atoms with E-state index in [1.54, 1.807) is 18.2 Å². The highest BCUT2D eigenvalue weighted by atomic mass is 19.2. The first kappa shape index (κ1) is 23.7. The summed E-state index contributed by atoms with van der Waals surface area (Å²) >= 11 is 0. The zero-order valence-electron chi connectivity index (χ0n) is 18.9. The van der Waals surface area contributed by atoms with Crippen LogP contribution in [0.1, 0.15) is 87.8 Å². The molecule has 0 amide bonds. The number of unbranched alkanes of at least 4 members (excludes halogenated alkanes) is 2. The largest absolute Gasteiger partial charge is 0.493 e. The smallest absolute Gasteiger partial charge is 0.162 e. The molecule has 1 fully saturated rings. The summed E-state index contributed by atoms with van der Waals surface area (Å²) in [5.74, 6) is -0.550. The lowest BCUT2D eigenvalue weighted by Gasteiger charge is -2.29. The number of halogens is 3.